The number of hydrogen-bond donors (Lipinski definition) is 1. The van der Waals surface area contributed by atoms with Gasteiger partial charge in [-0.3, -0.25) is 4.79 Å². The van der Waals surface area contributed by atoms with Crippen LogP contribution < -0.4 is 5.32 Å². The van der Waals surface area contributed by atoms with Gasteiger partial charge in [-0.15, -0.1) is 0 Å². The van der Waals surface area contributed by atoms with E-state index >= 15 is 0 Å². The standard InChI is InChI=1S/C17H15BrFNO/c18-14-6-2-12(3-7-14)16(21)20-17(10-1-11-17)13-4-8-15(19)9-5-13/h2-9H,1,10-11H2,(H,20,21). The first-order valence-corrected chi connectivity index (χ1v) is 7.72. The Hall–Kier alpha value is -1.68. The number of amides is 1. The van der Waals surface area contributed by atoms with Gasteiger partial charge in [0.2, 0.25) is 0 Å². The molecule has 1 fully saturated rings. The maximum atomic E-state index is 13.1. The second-order valence-corrected chi connectivity index (χ2v) is 6.32. The third-order valence-electron chi connectivity index (χ3n) is 4.06. The van der Waals surface area contributed by atoms with Crippen LogP contribution in [0.5, 0.6) is 0 Å². The van der Waals surface area contributed by atoms with Crippen molar-refractivity contribution < 1.29 is 9.18 Å². The van der Waals surface area contributed by atoms with Crippen molar-refractivity contribution in [3.63, 3.8) is 0 Å². The van der Waals surface area contributed by atoms with E-state index in [9.17, 15) is 9.18 Å². The van der Waals surface area contributed by atoms with Gasteiger partial charge in [0.15, 0.2) is 0 Å². The highest BCUT2D eigenvalue weighted by Crippen LogP contribution is 2.41. The number of hydrogen-bond acceptors (Lipinski definition) is 1. The van der Waals surface area contributed by atoms with Crippen molar-refractivity contribution in [1.82, 2.24) is 5.32 Å². The predicted molar refractivity (Wildman–Crippen MR) is 83.5 cm³/mol. The van der Waals surface area contributed by atoms with E-state index in [1.165, 1.54) is 12.1 Å². The fourth-order valence-corrected chi connectivity index (χ4v) is 2.94. The Balaban J connectivity index is 1.82. The number of carbonyl (C=O) groups is 1. The quantitative estimate of drug-likeness (QED) is 0.875. The Kier molecular flexibility index (Phi) is 3.81. The molecule has 3 rings (SSSR count). The number of benzene rings is 2. The molecule has 1 aliphatic rings. The maximum absolute atomic E-state index is 13.1. The van der Waals surface area contributed by atoms with E-state index in [2.05, 4.69) is 21.2 Å². The van der Waals surface area contributed by atoms with Gasteiger partial charge in [-0.2, -0.15) is 0 Å². The van der Waals surface area contributed by atoms with Gasteiger partial charge in [-0.05, 0) is 61.2 Å². The summed E-state index contributed by atoms with van der Waals surface area (Å²) in [5, 5.41) is 3.12. The van der Waals surface area contributed by atoms with Crippen molar-refractivity contribution in [2.75, 3.05) is 0 Å². The molecular weight excluding hydrogens is 333 g/mol. The number of rotatable bonds is 3. The zero-order valence-electron chi connectivity index (χ0n) is 11.4. The molecule has 0 spiro atoms. The molecule has 0 radical (unpaired) electrons. The van der Waals surface area contributed by atoms with Gasteiger partial charge < -0.3 is 5.32 Å². The lowest BCUT2D eigenvalue weighted by atomic mass is 9.71. The van der Waals surface area contributed by atoms with Crippen molar-refractivity contribution in [1.29, 1.82) is 0 Å². The number of halogens is 2. The zero-order chi connectivity index (χ0) is 14.9. The topological polar surface area (TPSA) is 29.1 Å². The lowest BCUT2D eigenvalue weighted by Crippen LogP contribution is -2.50. The summed E-state index contributed by atoms with van der Waals surface area (Å²) >= 11 is 3.36. The summed E-state index contributed by atoms with van der Waals surface area (Å²) in [4.78, 5) is 12.4. The molecule has 1 saturated carbocycles. The van der Waals surface area contributed by atoms with Crippen LogP contribution in [-0.4, -0.2) is 5.91 Å². The third-order valence-corrected chi connectivity index (χ3v) is 4.59. The molecule has 0 saturated heterocycles. The highest BCUT2D eigenvalue weighted by molar-refractivity contribution is 9.10. The summed E-state index contributed by atoms with van der Waals surface area (Å²) in [6.07, 6.45) is 2.85. The first-order chi connectivity index (χ1) is 10.1. The van der Waals surface area contributed by atoms with Gasteiger partial charge >= 0.3 is 0 Å². The Morgan fingerprint density at radius 2 is 1.67 bits per heavy atom. The Bertz CT molecular complexity index is 647. The van der Waals surface area contributed by atoms with Crippen molar-refractivity contribution >= 4 is 21.8 Å². The molecule has 0 atom stereocenters. The van der Waals surface area contributed by atoms with Gasteiger partial charge in [0.1, 0.15) is 5.82 Å². The van der Waals surface area contributed by atoms with Gasteiger partial charge in [0.25, 0.3) is 5.91 Å². The average molecular weight is 348 g/mol. The van der Waals surface area contributed by atoms with Gasteiger partial charge in [0, 0.05) is 10.0 Å². The lowest BCUT2D eigenvalue weighted by molar-refractivity contribution is 0.0823. The number of nitrogens with one attached hydrogen (secondary N) is 1. The van der Waals surface area contributed by atoms with E-state index in [4.69, 9.17) is 0 Å². The molecule has 0 bridgehead atoms. The molecule has 2 aromatic carbocycles. The van der Waals surface area contributed by atoms with Crippen molar-refractivity contribution in [3.8, 4) is 0 Å². The molecule has 0 aliphatic heterocycles. The summed E-state index contributed by atoms with van der Waals surface area (Å²) in [6.45, 7) is 0. The van der Waals surface area contributed by atoms with Crippen LogP contribution in [-0.2, 0) is 5.54 Å². The molecule has 1 N–H and O–H groups in total. The van der Waals surface area contributed by atoms with E-state index in [0.29, 0.717) is 5.56 Å². The van der Waals surface area contributed by atoms with Crippen LogP contribution in [0, 0.1) is 5.82 Å². The fraction of sp³-hybridized carbons (Fsp3) is 0.235. The Morgan fingerprint density at radius 1 is 1.05 bits per heavy atom. The van der Waals surface area contributed by atoms with Gasteiger partial charge in [0.05, 0.1) is 5.54 Å². The van der Waals surface area contributed by atoms with Crippen LogP contribution in [0.15, 0.2) is 53.0 Å². The normalized spacial score (nSPS) is 16.1. The summed E-state index contributed by atoms with van der Waals surface area (Å²) in [7, 11) is 0. The molecular formula is C17H15BrFNO. The molecule has 4 heteroatoms. The summed E-state index contributed by atoms with van der Waals surface area (Å²) in [6, 6.07) is 13.7. The Labute approximate surface area is 131 Å². The first-order valence-electron chi connectivity index (χ1n) is 6.93. The molecule has 2 aromatic rings. The SMILES string of the molecule is O=C(NC1(c2ccc(F)cc2)CCC1)c1ccc(Br)cc1. The minimum Gasteiger partial charge on any atom is -0.343 e. The van der Waals surface area contributed by atoms with E-state index in [1.807, 2.05) is 12.1 Å². The van der Waals surface area contributed by atoms with Crippen LogP contribution in [0.25, 0.3) is 0 Å². The van der Waals surface area contributed by atoms with Crippen LogP contribution in [0.3, 0.4) is 0 Å². The molecule has 1 amide bonds. The molecule has 21 heavy (non-hydrogen) atoms. The average Bonchev–Trinajstić information content (AvgIpc) is 2.44. The van der Waals surface area contributed by atoms with E-state index < -0.39 is 0 Å². The van der Waals surface area contributed by atoms with Gasteiger partial charge in [-0.1, -0.05) is 28.1 Å². The van der Waals surface area contributed by atoms with E-state index in [-0.39, 0.29) is 17.3 Å². The van der Waals surface area contributed by atoms with E-state index in [1.54, 1.807) is 24.3 Å². The monoisotopic (exact) mass is 347 g/mol. The smallest absolute Gasteiger partial charge is 0.251 e. The lowest BCUT2D eigenvalue weighted by Gasteiger charge is -2.43. The van der Waals surface area contributed by atoms with Crippen LogP contribution >= 0.6 is 15.9 Å². The molecule has 108 valence electrons. The maximum Gasteiger partial charge on any atom is 0.251 e. The van der Waals surface area contributed by atoms with Gasteiger partial charge in [-0.25, -0.2) is 4.39 Å². The van der Waals surface area contributed by atoms with Crippen molar-refractivity contribution in [2.24, 2.45) is 0 Å². The van der Waals surface area contributed by atoms with E-state index in [0.717, 1.165) is 29.3 Å². The fourth-order valence-electron chi connectivity index (χ4n) is 2.68. The number of carbonyl (C=O) groups excluding carboxylic acids is 1. The zero-order valence-corrected chi connectivity index (χ0v) is 13.0. The van der Waals surface area contributed by atoms with Crippen LogP contribution in [0.4, 0.5) is 4.39 Å². The van der Waals surface area contributed by atoms with Crippen molar-refractivity contribution in [3.05, 3.63) is 69.9 Å². The highest BCUT2D eigenvalue weighted by atomic mass is 79.9. The second-order valence-electron chi connectivity index (χ2n) is 5.40. The minimum atomic E-state index is -0.349. The molecule has 1 aliphatic carbocycles. The first kappa shape index (κ1) is 14.3. The second kappa shape index (κ2) is 5.60. The minimum absolute atomic E-state index is 0.0912. The summed E-state index contributed by atoms with van der Waals surface area (Å²) < 4.78 is 14.0. The summed E-state index contributed by atoms with van der Waals surface area (Å²) in [5.74, 6) is -0.348. The van der Waals surface area contributed by atoms with Crippen LogP contribution in [0.2, 0.25) is 0 Å². The van der Waals surface area contributed by atoms with Crippen LogP contribution in [0.1, 0.15) is 35.2 Å². The summed E-state index contributed by atoms with van der Waals surface area (Å²) in [5.41, 5.74) is 1.25. The molecule has 0 heterocycles. The predicted octanol–water partition coefficient (Wildman–Crippen LogP) is 4.40. The molecule has 2 nitrogen and oxygen atoms in total. The molecule has 0 aromatic heterocycles. The molecule has 0 unspecified atom stereocenters. The Morgan fingerprint density at radius 3 is 2.19 bits per heavy atom. The third kappa shape index (κ3) is 2.86. The highest BCUT2D eigenvalue weighted by Gasteiger charge is 2.40. The largest absolute Gasteiger partial charge is 0.343 e. The van der Waals surface area contributed by atoms with Crippen molar-refractivity contribution in [2.45, 2.75) is 24.8 Å².